The van der Waals surface area contributed by atoms with Crippen LogP contribution in [0, 0.1) is 5.92 Å². The van der Waals surface area contributed by atoms with Crippen molar-refractivity contribution in [1.82, 2.24) is 5.32 Å². The largest absolute Gasteiger partial charge is 0.494 e. The monoisotopic (exact) mass is 261 g/mol. The molecule has 1 aromatic carbocycles. The van der Waals surface area contributed by atoms with Gasteiger partial charge >= 0.3 is 0 Å². The first kappa shape index (κ1) is 14.4. The van der Waals surface area contributed by atoms with Gasteiger partial charge in [0.05, 0.1) is 6.61 Å². The molecule has 0 saturated heterocycles. The van der Waals surface area contributed by atoms with Crippen LogP contribution in [0.4, 0.5) is 0 Å². The van der Waals surface area contributed by atoms with E-state index in [1.54, 1.807) is 0 Å². The Balaban J connectivity index is 1.87. The Morgan fingerprint density at radius 2 is 2.05 bits per heavy atom. The highest BCUT2D eigenvalue weighted by Crippen LogP contribution is 2.27. The maximum Gasteiger partial charge on any atom is 0.123 e. The Kier molecular flexibility index (Phi) is 5.71. The van der Waals surface area contributed by atoms with Crippen molar-refractivity contribution in [3.8, 4) is 5.75 Å². The maximum atomic E-state index is 5.68. The Labute approximate surface area is 117 Å². The third-order valence-electron chi connectivity index (χ3n) is 4.21. The number of rotatable bonds is 6. The summed E-state index contributed by atoms with van der Waals surface area (Å²) in [7, 11) is 0. The van der Waals surface area contributed by atoms with E-state index in [0.717, 1.165) is 24.8 Å². The van der Waals surface area contributed by atoms with Gasteiger partial charge in [-0.3, -0.25) is 0 Å². The van der Waals surface area contributed by atoms with Crippen molar-refractivity contribution in [2.24, 2.45) is 5.92 Å². The van der Waals surface area contributed by atoms with Crippen LogP contribution in [0.1, 0.15) is 51.5 Å². The summed E-state index contributed by atoms with van der Waals surface area (Å²) in [6, 6.07) is 9.06. The van der Waals surface area contributed by atoms with Gasteiger partial charge in [0.15, 0.2) is 0 Å². The van der Waals surface area contributed by atoms with Crippen LogP contribution >= 0.6 is 0 Å². The van der Waals surface area contributed by atoms with Crippen molar-refractivity contribution >= 4 is 0 Å². The summed E-state index contributed by atoms with van der Waals surface area (Å²) in [5.74, 6) is 1.95. The van der Waals surface area contributed by atoms with E-state index in [2.05, 4.69) is 30.4 Å². The minimum atomic E-state index is 0.688. The van der Waals surface area contributed by atoms with Crippen molar-refractivity contribution < 1.29 is 4.74 Å². The van der Waals surface area contributed by atoms with Crippen molar-refractivity contribution in [1.29, 1.82) is 0 Å². The van der Waals surface area contributed by atoms with Gasteiger partial charge in [-0.1, -0.05) is 44.4 Å². The minimum absolute atomic E-state index is 0.688. The van der Waals surface area contributed by atoms with Crippen LogP contribution in [-0.4, -0.2) is 12.6 Å². The molecule has 1 N–H and O–H groups in total. The standard InChI is InChI=1S/C17H27NO/c1-3-14-8-7-10-16(12-14)18-13-15-9-5-6-11-17(15)19-4-2/h5-6,9,11,14,16,18H,3-4,7-8,10,12-13H2,1-2H3. The molecule has 0 spiro atoms. The second kappa shape index (κ2) is 7.54. The molecule has 2 unspecified atom stereocenters. The van der Waals surface area contributed by atoms with E-state index in [0.29, 0.717) is 6.04 Å². The molecule has 2 rings (SSSR count). The number of hydrogen-bond donors (Lipinski definition) is 1. The molecule has 106 valence electrons. The predicted octanol–water partition coefficient (Wildman–Crippen LogP) is 4.14. The average molecular weight is 261 g/mol. The van der Waals surface area contributed by atoms with Crippen molar-refractivity contribution in [2.45, 2.75) is 58.5 Å². The molecule has 0 heterocycles. The van der Waals surface area contributed by atoms with Gasteiger partial charge in [-0.15, -0.1) is 0 Å². The summed E-state index contributed by atoms with van der Waals surface area (Å²) in [4.78, 5) is 0. The lowest BCUT2D eigenvalue weighted by molar-refractivity contribution is 0.276. The molecule has 0 aliphatic heterocycles. The molecule has 0 amide bonds. The SMILES string of the molecule is CCOc1ccccc1CNC1CCCC(CC)C1. The maximum absolute atomic E-state index is 5.68. The van der Waals surface area contributed by atoms with Gasteiger partial charge in [-0.05, 0) is 31.7 Å². The molecule has 1 aliphatic rings. The third-order valence-corrected chi connectivity index (χ3v) is 4.21. The molecule has 2 heteroatoms. The van der Waals surface area contributed by atoms with E-state index in [9.17, 15) is 0 Å². The first-order valence-electron chi connectivity index (χ1n) is 7.77. The van der Waals surface area contributed by atoms with Crippen LogP contribution in [0.15, 0.2) is 24.3 Å². The summed E-state index contributed by atoms with van der Waals surface area (Å²) in [6.07, 6.45) is 6.79. The van der Waals surface area contributed by atoms with Gasteiger partial charge in [-0.2, -0.15) is 0 Å². The smallest absolute Gasteiger partial charge is 0.123 e. The van der Waals surface area contributed by atoms with E-state index < -0.39 is 0 Å². The molecule has 19 heavy (non-hydrogen) atoms. The van der Waals surface area contributed by atoms with Crippen molar-refractivity contribution in [2.75, 3.05) is 6.61 Å². The van der Waals surface area contributed by atoms with Crippen LogP contribution in [0.25, 0.3) is 0 Å². The van der Waals surface area contributed by atoms with E-state index in [1.807, 2.05) is 13.0 Å². The van der Waals surface area contributed by atoms with E-state index in [-0.39, 0.29) is 0 Å². The molecular weight excluding hydrogens is 234 g/mol. The Morgan fingerprint density at radius 1 is 1.21 bits per heavy atom. The van der Waals surface area contributed by atoms with Gasteiger partial charge in [0, 0.05) is 18.2 Å². The summed E-state index contributed by atoms with van der Waals surface area (Å²) in [6.45, 7) is 6.02. The molecule has 2 atom stereocenters. The van der Waals surface area contributed by atoms with Crippen molar-refractivity contribution in [3.63, 3.8) is 0 Å². The van der Waals surface area contributed by atoms with E-state index in [4.69, 9.17) is 4.74 Å². The normalized spacial score (nSPS) is 23.3. The predicted molar refractivity (Wildman–Crippen MR) is 80.5 cm³/mol. The number of hydrogen-bond acceptors (Lipinski definition) is 2. The summed E-state index contributed by atoms with van der Waals surface area (Å²) < 4.78 is 5.68. The zero-order chi connectivity index (χ0) is 13.5. The highest BCUT2D eigenvalue weighted by molar-refractivity contribution is 5.33. The molecule has 0 bridgehead atoms. The Bertz CT molecular complexity index is 377. The van der Waals surface area contributed by atoms with Gasteiger partial charge in [0.1, 0.15) is 5.75 Å². The van der Waals surface area contributed by atoms with Gasteiger partial charge in [0.2, 0.25) is 0 Å². The number of nitrogens with one attached hydrogen (secondary N) is 1. The molecule has 1 saturated carbocycles. The van der Waals surface area contributed by atoms with Gasteiger partial charge < -0.3 is 10.1 Å². The summed E-state index contributed by atoms with van der Waals surface area (Å²) >= 11 is 0. The lowest BCUT2D eigenvalue weighted by atomic mass is 9.84. The summed E-state index contributed by atoms with van der Waals surface area (Å²) in [5, 5.41) is 3.72. The Hall–Kier alpha value is -1.02. The van der Waals surface area contributed by atoms with E-state index in [1.165, 1.54) is 37.7 Å². The fraction of sp³-hybridized carbons (Fsp3) is 0.647. The lowest BCUT2D eigenvalue weighted by Crippen LogP contribution is -2.33. The number of benzene rings is 1. The van der Waals surface area contributed by atoms with Crippen LogP contribution in [-0.2, 0) is 6.54 Å². The van der Waals surface area contributed by atoms with Crippen LogP contribution in [0.5, 0.6) is 5.75 Å². The van der Waals surface area contributed by atoms with Gasteiger partial charge in [-0.25, -0.2) is 0 Å². The fourth-order valence-electron chi connectivity index (χ4n) is 3.05. The first-order chi connectivity index (χ1) is 9.33. The van der Waals surface area contributed by atoms with Crippen molar-refractivity contribution in [3.05, 3.63) is 29.8 Å². The highest BCUT2D eigenvalue weighted by atomic mass is 16.5. The summed E-state index contributed by atoms with van der Waals surface area (Å²) in [5.41, 5.74) is 1.28. The van der Waals surface area contributed by atoms with Crippen LogP contribution in [0.2, 0.25) is 0 Å². The molecule has 1 fully saturated rings. The molecule has 2 nitrogen and oxygen atoms in total. The second-order valence-corrected chi connectivity index (χ2v) is 5.56. The zero-order valence-electron chi connectivity index (χ0n) is 12.3. The molecule has 1 aromatic rings. The molecule has 0 radical (unpaired) electrons. The topological polar surface area (TPSA) is 21.3 Å². The number of para-hydroxylation sites is 1. The minimum Gasteiger partial charge on any atom is -0.494 e. The average Bonchev–Trinajstić information content (AvgIpc) is 2.47. The lowest BCUT2D eigenvalue weighted by Gasteiger charge is -2.29. The van der Waals surface area contributed by atoms with Crippen LogP contribution < -0.4 is 10.1 Å². The third kappa shape index (κ3) is 4.24. The quantitative estimate of drug-likeness (QED) is 0.831. The Morgan fingerprint density at radius 3 is 2.84 bits per heavy atom. The van der Waals surface area contributed by atoms with Crippen LogP contribution in [0.3, 0.4) is 0 Å². The number of ether oxygens (including phenoxy) is 1. The second-order valence-electron chi connectivity index (χ2n) is 5.56. The molecule has 1 aliphatic carbocycles. The molecular formula is C17H27NO. The first-order valence-corrected chi connectivity index (χ1v) is 7.77. The fourth-order valence-corrected chi connectivity index (χ4v) is 3.05. The van der Waals surface area contributed by atoms with Gasteiger partial charge in [0.25, 0.3) is 0 Å². The highest BCUT2D eigenvalue weighted by Gasteiger charge is 2.20. The van der Waals surface area contributed by atoms with E-state index >= 15 is 0 Å². The zero-order valence-corrected chi connectivity index (χ0v) is 12.3. The molecule has 0 aromatic heterocycles.